The van der Waals surface area contributed by atoms with Gasteiger partial charge in [-0.1, -0.05) is 48.0 Å². The summed E-state index contributed by atoms with van der Waals surface area (Å²) in [5.41, 5.74) is 0.451. The first-order valence-electron chi connectivity index (χ1n) is 8.23. The van der Waals surface area contributed by atoms with E-state index in [0.29, 0.717) is 6.42 Å². The van der Waals surface area contributed by atoms with Crippen LogP contribution in [0.4, 0.5) is 13.6 Å². The van der Waals surface area contributed by atoms with E-state index in [2.05, 4.69) is 18.6 Å². The lowest BCUT2D eigenvalue weighted by atomic mass is 9.58. The molecule has 0 aromatic heterocycles. The molecule has 0 heterocycles. The zero-order chi connectivity index (χ0) is 19.2. The number of carbonyl (C=O) groups is 2. The molecular formula is C17H31F2NO4. The van der Waals surface area contributed by atoms with Crippen LogP contribution in [-0.2, 0) is 14.4 Å². The van der Waals surface area contributed by atoms with E-state index >= 15 is 0 Å². The third-order valence-electron chi connectivity index (χ3n) is 5.18. The van der Waals surface area contributed by atoms with Crippen LogP contribution in [0.3, 0.4) is 0 Å². The van der Waals surface area contributed by atoms with Crippen LogP contribution >= 0.6 is 0 Å². The first kappa shape index (κ1) is 22.6. The molecule has 0 saturated carbocycles. The van der Waals surface area contributed by atoms with Gasteiger partial charge in [0.2, 0.25) is 0 Å². The number of alkyl halides is 2. The Bertz CT molecular complexity index is 438. The molecule has 1 N–H and O–H groups in total. The van der Waals surface area contributed by atoms with Gasteiger partial charge in [0.15, 0.2) is 6.61 Å². The number of rotatable bonds is 8. The van der Waals surface area contributed by atoms with E-state index in [0.717, 1.165) is 12.8 Å². The summed E-state index contributed by atoms with van der Waals surface area (Å²) in [6, 6.07) is 0. The smallest absolute Gasteiger partial charge is 0.440 e. The third kappa shape index (κ3) is 6.24. The first-order chi connectivity index (χ1) is 10.8. The van der Waals surface area contributed by atoms with Crippen molar-refractivity contribution in [1.29, 1.82) is 0 Å². The number of halogens is 2. The minimum absolute atomic E-state index is 0.101. The number of carbonyl (C=O) groups excluding carboxylic acids is 2. The summed E-state index contributed by atoms with van der Waals surface area (Å²) in [6.07, 6.45) is -1.83. The SMILES string of the molecule is CCC(C)(C)CC(C)(C(=O)ONC(=O)OCC(F)F)C(C)(C)CC. The largest absolute Gasteiger partial charge is 0.441 e. The first-order valence-corrected chi connectivity index (χ1v) is 8.23. The van der Waals surface area contributed by atoms with Crippen LogP contribution in [0.5, 0.6) is 0 Å². The second kappa shape index (κ2) is 8.62. The minimum atomic E-state index is -2.78. The molecule has 0 bridgehead atoms. The van der Waals surface area contributed by atoms with Crippen LogP contribution in [0.2, 0.25) is 0 Å². The molecule has 0 saturated heterocycles. The predicted octanol–water partition coefficient (Wildman–Crippen LogP) is 4.70. The monoisotopic (exact) mass is 351 g/mol. The van der Waals surface area contributed by atoms with E-state index < -0.39 is 30.5 Å². The maximum Gasteiger partial charge on any atom is 0.440 e. The highest BCUT2D eigenvalue weighted by molar-refractivity contribution is 5.79. The summed E-state index contributed by atoms with van der Waals surface area (Å²) in [5.74, 6) is -0.607. The molecule has 0 aliphatic heterocycles. The maximum absolute atomic E-state index is 12.7. The zero-order valence-electron chi connectivity index (χ0n) is 15.8. The number of hydrogen-bond donors (Lipinski definition) is 1. The highest BCUT2D eigenvalue weighted by Crippen LogP contribution is 2.50. The molecule has 0 aromatic rings. The van der Waals surface area contributed by atoms with Gasteiger partial charge < -0.3 is 9.57 Å². The van der Waals surface area contributed by atoms with Gasteiger partial charge in [0.05, 0.1) is 5.41 Å². The lowest BCUT2D eigenvalue weighted by Gasteiger charge is -2.45. The van der Waals surface area contributed by atoms with Crippen LogP contribution in [0.1, 0.15) is 67.7 Å². The van der Waals surface area contributed by atoms with Crippen molar-refractivity contribution >= 4 is 12.1 Å². The maximum atomic E-state index is 12.7. The van der Waals surface area contributed by atoms with Gasteiger partial charge in [-0.3, -0.25) is 0 Å². The Labute approximate surface area is 143 Å². The molecule has 0 aliphatic carbocycles. The van der Waals surface area contributed by atoms with Crippen molar-refractivity contribution in [2.75, 3.05) is 6.61 Å². The Balaban J connectivity index is 5.11. The van der Waals surface area contributed by atoms with Crippen LogP contribution in [0.15, 0.2) is 0 Å². The summed E-state index contributed by atoms with van der Waals surface area (Å²) in [6.45, 7) is 12.8. The van der Waals surface area contributed by atoms with E-state index in [9.17, 15) is 18.4 Å². The van der Waals surface area contributed by atoms with Gasteiger partial charge in [-0.15, -0.1) is 5.48 Å². The lowest BCUT2D eigenvalue weighted by Crippen LogP contribution is -2.48. The molecule has 0 fully saturated rings. The average Bonchev–Trinajstić information content (AvgIpc) is 2.49. The van der Waals surface area contributed by atoms with Gasteiger partial charge >= 0.3 is 12.1 Å². The molecule has 142 valence electrons. The Morgan fingerprint density at radius 3 is 2.00 bits per heavy atom. The molecule has 5 nitrogen and oxygen atoms in total. The number of hydroxylamine groups is 1. The molecule has 7 heteroatoms. The van der Waals surface area contributed by atoms with Crippen molar-refractivity contribution in [3.05, 3.63) is 0 Å². The molecule has 1 unspecified atom stereocenters. The van der Waals surface area contributed by atoms with E-state index in [-0.39, 0.29) is 10.8 Å². The Morgan fingerprint density at radius 1 is 1.04 bits per heavy atom. The van der Waals surface area contributed by atoms with Gasteiger partial charge in [0.25, 0.3) is 6.43 Å². The van der Waals surface area contributed by atoms with Crippen LogP contribution in [0.25, 0.3) is 0 Å². The van der Waals surface area contributed by atoms with Crippen LogP contribution in [-0.4, -0.2) is 25.1 Å². The normalized spacial score (nSPS) is 14.9. The molecule has 0 spiro atoms. The van der Waals surface area contributed by atoms with Crippen molar-refractivity contribution in [2.45, 2.75) is 74.2 Å². The summed E-state index contributed by atoms with van der Waals surface area (Å²) in [4.78, 5) is 28.8. The van der Waals surface area contributed by atoms with E-state index in [1.165, 1.54) is 0 Å². The topological polar surface area (TPSA) is 64.6 Å². The van der Waals surface area contributed by atoms with Gasteiger partial charge in [0, 0.05) is 0 Å². The fourth-order valence-corrected chi connectivity index (χ4v) is 2.43. The molecule has 0 radical (unpaired) electrons. The fourth-order valence-electron chi connectivity index (χ4n) is 2.43. The molecule has 1 amide bonds. The number of ether oxygens (including phenoxy) is 1. The molecule has 24 heavy (non-hydrogen) atoms. The van der Waals surface area contributed by atoms with Crippen LogP contribution < -0.4 is 5.48 Å². The molecule has 0 aliphatic rings. The fraction of sp³-hybridized carbons (Fsp3) is 0.882. The molecular weight excluding hydrogens is 320 g/mol. The Morgan fingerprint density at radius 2 is 1.58 bits per heavy atom. The van der Waals surface area contributed by atoms with Gasteiger partial charge in [-0.2, -0.15) is 0 Å². The van der Waals surface area contributed by atoms with Crippen molar-refractivity contribution in [2.24, 2.45) is 16.2 Å². The van der Waals surface area contributed by atoms with Crippen molar-refractivity contribution in [3.8, 4) is 0 Å². The Hall–Kier alpha value is -1.40. The summed E-state index contributed by atoms with van der Waals surface area (Å²) in [5, 5.41) is 0. The third-order valence-corrected chi connectivity index (χ3v) is 5.18. The average molecular weight is 351 g/mol. The van der Waals surface area contributed by atoms with Crippen molar-refractivity contribution < 1.29 is 27.9 Å². The molecule has 0 aromatic carbocycles. The van der Waals surface area contributed by atoms with E-state index in [1.807, 2.05) is 34.6 Å². The standard InChI is InChI=1S/C17H31F2NO4/c1-8-15(3,4)11-17(7,16(5,6)9-2)13(21)24-20-14(22)23-10-12(18)19/h12H,8-11H2,1-7H3,(H,20,22). The zero-order valence-corrected chi connectivity index (χ0v) is 15.8. The highest BCUT2D eigenvalue weighted by Gasteiger charge is 2.50. The second-order valence-corrected chi connectivity index (χ2v) is 7.75. The lowest BCUT2D eigenvalue weighted by molar-refractivity contribution is -0.172. The second-order valence-electron chi connectivity index (χ2n) is 7.75. The van der Waals surface area contributed by atoms with Gasteiger partial charge in [-0.05, 0) is 30.6 Å². The van der Waals surface area contributed by atoms with Gasteiger partial charge in [-0.25, -0.2) is 18.4 Å². The Kier molecular flexibility index (Phi) is 8.12. The van der Waals surface area contributed by atoms with Crippen molar-refractivity contribution in [1.82, 2.24) is 5.48 Å². The quantitative estimate of drug-likeness (QED) is 0.644. The number of hydrogen-bond acceptors (Lipinski definition) is 4. The minimum Gasteiger partial charge on any atom is -0.441 e. The summed E-state index contributed by atoms with van der Waals surface area (Å²) < 4.78 is 28.2. The highest BCUT2D eigenvalue weighted by atomic mass is 19.3. The van der Waals surface area contributed by atoms with E-state index in [4.69, 9.17) is 4.84 Å². The van der Waals surface area contributed by atoms with E-state index in [1.54, 1.807) is 5.48 Å². The van der Waals surface area contributed by atoms with Gasteiger partial charge in [0.1, 0.15) is 0 Å². The summed E-state index contributed by atoms with van der Waals surface area (Å²) in [7, 11) is 0. The number of nitrogens with one attached hydrogen (secondary N) is 1. The summed E-state index contributed by atoms with van der Waals surface area (Å²) >= 11 is 0. The van der Waals surface area contributed by atoms with Crippen LogP contribution in [0, 0.1) is 16.2 Å². The molecule has 0 rings (SSSR count). The molecule has 1 atom stereocenters. The number of amides is 1. The van der Waals surface area contributed by atoms with Crippen molar-refractivity contribution in [3.63, 3.8) is 0 Å². The predicted molar refractivity (Wildman–Crippen MR) is 87.4 cm³/mol.